The number of hydrogen-bond acceptors (Lipinski definition) is 4. The Hall–Kier alpha value is -2.34. The zero-order valence-corrected chi connectivity index (χ0v) is 18.0. The van der Waals surface area contributed by atoms with E-state index in [1.165, 1.54) is 0 Å². The molecule has 1 N–H and O–H groups in total. The third-order valence-electron chi connectivity index (χ3n) is 5.60. The summed E-state index contributed by atoms with van der Waals surface area (Å²) in [6.07, 6.45) is 4.31. The zero-order chi connectivity index (χ0) is 21.0. The monoisotopic (exact) mass is 417 g/mol. The first-order valence-electron chi connectivity index (χ1n) is 10.2. The number of rotatable bonds is 6. The minimum Gasteiger partial charge on any atom is -0.464 e. The Kier molecular flexibility index (Phi) is 6.63. The third kappa shape index (κ3) is 4.64. The van der Waals surface area contributed by atoms with Crippen LogP contribution in [-0.4, -0.2) is 33.8 Å². The molecule has 7 heteroatoms. The van der Waals surface area contributed by atoms with E-state index < -0.39 is 5.54 Å². The van der Waals surface area contributed by atoms with Crippen molar-refractivity contribution in [2.75, 3.05) is 6.61 Å². The van der Waals surface area contributed by atoms with Crippen LogP contribution < -0.4 is 5.32 Å². The maximum absolute atomic E-state index is 12.9. The SMILES string of the molecule is CCOC(=O)C1(NC(=O)Cc2c(C)nn(-c3ccc(Cl)cc3)c2C)CCCCC1. The second kappa shape index (κ2) is 8.99. The lowest BCUT2D eigenvalue weighted by atomic mass is 9.81. The standard InChI is InChI=1S/C22H28ClN3O3/c1-4-29-21(28)22(12-6-5-7-13-22)24-20(27)14-19-15(2)25-26(16(19)3)18-10-8-17(23)9-11-18/h8-11H,4-7,12-14H2,1-3H3,(H,24,27). The van der Waals surface area contributed by atoms with E-state index in [0.29, 0.717) is 24.5 Å². The molecule has 0 radical (unpaired) electrons. The highest BCUT2D eigenvalue weighted by molar-refractivity contribution is 6.30. The molecule has 1 aliphatic rings. The molecule has 1 saturated carbocycles. The van der Waals surface area contributed by atoms with Gasteiger partial charge < -0.3 is 10.1 Å². The van der Waals surface area contributed by atoms with Crippen molar-refractivity contribution in [3.8, 4) is 5.69 Å². The Morgan fingerprint density at radius 2 is 1.83 bits per heavy atom. The molecule has 0 unspecified atom stereocenters. The van der Waals surface area contributed by atoms with Crippen LogP contribution in [0.25, 0.3) is 5.69 Å². The van der Waals surface area contributed by atoms with E-state index in [4.69, 9.17) is 16.3 Å². The van der Waals surface area contributed by atoms with E-state index >= 15 is 0 Å². The van der Waals surface area contributed by atoms with E-state index in [2.05, 4.69) is 10.4 Å². The van der Waals surface area contributed by atoms with Crippen LogP contribution in [0, 0.1) is 13.8 Å². The minimum absolute atomic E-state index is 0.173. The van der Waals surface area contributed by atoms with Gasteiger partial charge in [0.1, 0.15) is 5.54 Å². The fourth-order valence-corrected chi connectivity index (χ4v) is 4.17. The van der Waals surface area contributed by atoms with E-state index in [1.54, 1.807) is 6.92 Å². The molecule has 1 amide bonds. The number of nitrogens with one attached hydrogen (secondary N) is 1. The average Bonchev–Trinajstić information content (AvgIpc) is 2.97. The van der Waals surface area contributed by atoms with Crippen LogP contribution in [0.3, 0.4) is 0 Å². The van der Waals surface area contributed by atoms with Crippen LogP contribution in [0.15, 0.2) is 24.3 Å². The number of ether oxygens (including phenoxy) is 1. The molecule has 1 aromatic carbocycles. The number of carbonyl (C=O) groups is 2. The van der Waals surface area contributed by atoms with Gasteiger partial charge in [-0.2, -0.15) is 5.10 Å². The molecule has 0 aliphatic heterocycles. The highest BCUT2D eigenvalue weighted by Crippen LogP contribution is 2.30. The van der Waals surface area contributed by atoms with Crippen molar-refractivity contribution in [1.82, 2.24) is 15.1 Å². The molecule has 0 saturated heterocycles. The summed E-state index contributed by atoms with van der Waals surface area (Å²) < 4.78 is 7.09. The molecular weight excluding hydrogens is 390 g/mol. The summed E-state index contributed by atoms with van der Waals surface area (Å²) in [6.45, 7) is 5.93. The molecule has 0 bridgehead atoms. The minimum atomic E-state index is -0.903. The van der Waals surface area contributed by atoms with Gasteiger partial charge >= 0.3 is 5.97 Å². The lowest BCUT2D eigenvalue weighted by molar-refractivity contribution is -0.155. The Morgan fingerprint density at radius 3 is 2.45 bits per heavy atom. The predicted molar refractivity (Wildman–Crippen MR) is 112 cm³/mol. The number of carbonyl (C=O) groups excluding carboxylic acids is 2. The smallest absolute Gasteiger partial charge is 0.331 e. The van der Waals surface area contributed by atoms with Crippen LogP contribution in [0.1, 0.15) is 56.0 Å². The quantitative estimate of drug-likeness (QED) is 0.719. The van der Waals surface area contributed by atoms with Gasteiger partial charge in [-0.3, -0.25) is 4.79 Å². The Balaban J connectivity index is 1.79. The molecule has 1 aliphatic carbocycles. The highest BCUT2D eigenvalue weighted by atomic mass is 35.5. The van der Waals surface area contributed by atoms with Gasteiger partial charge in [-0.25, -0.2) is 9.48 Å². The first-order valence-corrected chi connectivity index (χ1v) is 10.5. The largest absolute Gasteiger partial charge is 0.464 e. The normalized spacial score (nSPS) is 15.7. The highest BCUT2D eigenvalue weighted by Gasteiger charge is 2.42. The molecule has 156 valence electrons. The number of hydrogen-bond donors (Lipinski definition) is 1. The van der Waals surface area contributed by atoms with Crippen LogP contribution in [0.5, 0.6) is 0 Å². The maximum atomic E-state index is 12.9. The molecular formula is C22H28ClN3O3. The number of aromatic nitrogens is 2. The van der Waals surface area contributed by atoms with Crippen molar-refractivity contribution in [3.63, 3.8) is 0 Å². The number of benzene rings is 1. The fraction of sp³-hybridized carbons (Fsp3) is 0.500. The molecule has 29 heavy (non-hydrogen) atoms. The van der Waals surface area contributed by atoms with Crippen molar-refractivity contribution >= 4 is 23.5 Å². The van der Waals surface area contributed by atoms with Crippen LogP contribution in [-0.2, 0) is 20.7 Å². The number of nitrogens with zero attached hydrogens (tertiary/aromatic N) is 2. The average molecular weight is 418 g/mol. The summed E-state index contributed by atoms with van der Waals surface area (Å²) in [6, 6.07) is 7.41. The van der Waals surface area contributed by atoms with Gasteiger partial charge in [0.15, 0.2) is 0 Å². The number of amides is 1. The van der Waals surface area contributed by atoms with Crippen molar-refractivity contribution in [2.45, 2.75) is 64.8 Å². The van der Waals surface area contributed by atoms with Gasteiger partial charge in [0, 0.05) is 16.3 Å². The van der Waals surface area contributed by atoms with E-state index in [1.807, 2.05) is 42.8 Å². The fourth-order valence-electron chi connectivity index (χ4n) is 4.04. The summed E-state index contributed by atoms with van der Waals surface area (Å²) in [5.41, 5.74) is 2.54. The van der Waals surface area contributed by atoms with Crippen LogP contribution >= 0.6 is 11.6 Å². The van der Waals surface area contributed by atoms with Crippen LogP contribution in [0.2, 0.25) is 5.02 Å². The molecule has 0 spiro atoms. The number of halogens is 1. The van der Waals surface area contributed by atoms with Gasteiger partial charge in [-0.05, 0) is 57.9 Å². The van der Waals surface area contributed by atoms with Crippen molar-refractivity contribution in [1.29, 1.82) is 0 Å². The van der Waals surface area contributed by atoms with E-state index in [-0.39, 0.29) is 18.3 Å². The lowest BCUT2D eigenvalue weighted by Gasteiger charge is -2.35. The number of aryl methyl sites for hydroxylation is 1. The number of esters is 1. The van der Waals surface area contributed by atoms with Crippen LogP contribution in [0.4, 0.5) is 0 Å². The summed E-state index contributed by atoms with van der Waals surface area (Å²) in [5, 5.41) is 8.26. The first kappa shape index (κ1) is 21.4. The molecule has 1 fully saturated rings. The van der Waals surface area contributed by atoms with Gasteiger partial charge in [-0.1, -0.05) is 30.9 Å². The van der Waals surface area contributed by atoms with Gasteiger partial charge in [-0.15, -0.1) is 0 Å². The molecule has 2 aromatic rings. The van der Waals surface area contributed by atoms with Gasteiger partial charge in [0.25, 0.3) is 0 Å². The molecule has 3 rings (SSSR count). The zero-order valence-electron chi connectivity index (χ0n) is 17.3. The predicted octanol–water partition coefficient (Wildman–Crippen LogP) is 4.07. The summed E-state index contributed by atoms with van der Waals surface area (Å²) in [7, 11) is 0. The van der Waals surface area contributed by atoms with Crippen molar-refractivity contribution < 1.29 is 14.3 Å². The van der Waals surface area contributed by atoms with Crippen molar-refractivity contribution in [3.05, 3.63) is 46.2 Å². The second-order valence-corrected chi connectivity index (χ2v) is 8.06. The third-order valence-corrected chi connectivity index (χ3v) is 5.85. The van der Waals surface area contributed by atoms with Crippen molar-refractivity contribution in [2.24, 2.45) is 0 Å². The second-order valence-electron chi connectivity index (χ2n) is 7.63. The Labute approximate surface area is 176 Å². The summed E-state index contributed by atoms with van der Waals surface area (Å²) in [5.74, 6) is -0.500. The summed E-state index contributed by atoms with van der Waals surface area (Å²) in [4.78, 5) is 25.5. The maximum Gasteiger partial charge on any atom is 0.331 e. The topological polar surface area (TPSA) is 73.2 Å². The molecule has 1 heterocycles. The molecule has 6 nitrogen and oxygen atoms in total. The first-order chi connectivity index (χ1) is 13.9. The Morgan fingerprint density at radius 1 is 1.17 bits per heavy atom. The van der Waals surface area contributed by atoms with Gasteiger partial charge in [0.2, 0.25) is 5.91 Å². The van der Waals surface area contributed by atoms with E-state index in [0.717, 1.165) is 41.9 Å². The Bertz CT molecular complexity index is 883. The van der Waals surface area contributed by atoms with Gasteiger partial charge in [0.05, 0.1) is 24.4 Å². The molecule has 1 aromatic heterocycles. The molecule has 0 atom stereocenters. The summed E-state index contributed by atoms with van der Waals surface area (Å²) >= 11 is 5.98. The lowest BCUT2D eigenvalue weighted by Crippen LogP contribution is -2.56. The van der Waals surface area contributed by atoms with E-state index in [9.17, 15) is 9.59 Å².